The number of thiophene rings is 1. The fraction of sp³-hybridized carbons (Fsp3) is 0.111. The Morgan fingerprint density at radius 2 is 1.92 bits per heavy atom. The highest BCUT2D eigenvalue weighted by Gasteiger charge is 2.15. The molecule has 4 rings (SSSR count). The number of nitrogens with zero attached hydrogens (tertiary/aromatic N) is 1. The van der Waals surface area contributed by atoms with Gasteiger partial charge in [-0.2, -0.15) is 0 Å². The Kier molecular flexibility index (Phi) is 4.29. The maximum Gasteiger partial charge on any atom is 0.266 e. The zero-order chi connectivity index (χ0) is 17.2. The molecule has 0 saturated carbocycles. The molecular weight excluding hydrogens is 360 g/mol. The summed E-state index contributed by atoms with van der Waals surface area (Å²) in [7, 11) is 0. The van der Waals surface area contributed by atoms with E-state index < -0.39 is 0 Å². The van der Waals surface area contributed by atoms with Gasteiger partial charge in [-0.05, 0) is 48.0 Å². The first-order valence-electron chi connectivity index (χ1n) is 7.62. The molecule has 25 heavy (non-hydrogen) atoms. The van der Waals surface area contributed by atoms with Crippen molar-refractivity contribution in [3.05, 3.63) is 58.6 Å². The summed E-state index contributed by atoms with van der Waals surface area (Å²) < 4.78 is 11.1. The molecule has 0 unspecified atom stereocenters. The number of rotatable bonds is 3. The Morgan fingerprint density at radius 1 is 1.08 bits per heavy atom. The standard InChI is InChI=1S/C18H13ClN2O3S/c19-12-2-6-17(20-10-12)21-18(22)16-5-4-15(25-16)11-1-3-13-14(9-11)24-8-7-23-13/h1-6,9-10H,7-8H2,(H,20,21,22). The van der Waals surface area contributed by atoms with Gasteiger partial charge in [0.05, 0.1) is 9.90 Å². The Hall–Kier alpha value is -2.57. The number of fused-ring (bicyclic) bond motifs is 1. The van der Waals surface area contributed by atoms with Crippen LogP contribution in [0.1, 0.15) is 9.67 Å². The monoisotopic (exact) mass is 372 g/mol. The third kappa shape index (κ3) is 3.45. The summed E-state index contributed by atoms with van der Waals surface area (Å²) in [5.41, 5.74) is 0.984. The van der Waals surface area contributed by atoms with E-state index in [0.29, 0.717) is 28.9 Å². The lowest BCUT2D eigenvalue weighted by atomic mass is 10.1. The fourth-order valence-corrected chi connectivity index (χ4v) is 3.45. The van der Waals surface area contributed by atoms with Crippen LogP contribution >= 0.6 is 22.9 Å². The minimum Gasteiger partial charge on any atom is -0.486 e. The highest BCUT2D eigenvalue weighted by Crippen LogP contribution is 2.37. The maximum atomic E-state index is 12.4. The Balaban J connectivity index is 1.53. The number of carbonyl (C=O) groups is 1. The van der Waals surface area contributed by atoms with Crippen molar-refractivity contribution in [1.29, 1.82) is 0 Å². The minimum absolute atomic E-state index is 0.205. The molecule has 0 saturated heterocycles. The van der Waals surface area contributed by atoms with Gasteiger partial charge in [-0.3, -0.25) is 4.79 Å². The van der Waals surface area contributed by atoms with Crippen molar-refractivity contribution in [3.8, 4) is 21.9 Å². The summed E-state index contributed by atoms with van der Waals surface area (Å²) in [5, 5.41) is 3.28. The molecule has 1 aromatic carbocycles. The first-order valence-corrected chi connectivity index (χ1v) is 8.81. The zero-order valence-corrected chi connectivity index (χ0v) is 14.6. The number of hydrogen-bond donors (Lipinski definition) is 1. The van der Waals surface area contributed by atoms with Crippen LogP contribution in [0.2, 0.25) is 5.02 Å². The quantitative estimate of drug-likeness (QED) is 0.736. The average molecular weight is 373 g/mol. The van der Waals surface area contributed by atoms with Crippen LogP contribution in [0.3, 0.4) is 0 Å². The third-order valence-corrected chi connectivity index (χ3v) is 4.98. The number of amides is 1. The van der Waals surface area contributed by atoms with E-state index in [2.05, 4.69) is 10.3 Å². The van der Waals surface area contributed by atoms with Gasteiger partial charge in [0.15, 0.2) is 11.5 Å². The van der Waals surface area contributed by atoms with Crippen LogP contribution in [0.15, 0.2) is 48.7 Å². The van der Waals surface area contributed by atoms with Gasteiger partial charge in [0.25, 0.3) is 5.91 Å². The molecule has 0 atom stereocenters. The van der Waals surface area contributed by atoms with E-state index in [1.807, 2.05) is 24.3 Å². The number of benzene rings is 1. The highest BCUT2D eigenvalue weighted by molar-refractivity contribution is 7.17. The highest BCUT2D eigenvalue weighted by atomic mass is 35.5. The van der Waals surface area contributed by atoms with Crippen LogP contribution < -0.4 is 14.8 Å². The maximum absolute atomic E-state index is 12.4. The number of anilines is 1. The molecular formula is C18H13ClN2O3S. The van der Waals surface area contributed by atoms with Crippen LogP contribution in [0, 0.1) is 0 Å². The molecule has 1 N–H and O–H groups in total. The van der Waals surface area contributed by atoms with E-state index in [-0.39, 0.29) is 5.91 Å². The predicted molar refractivity (Wildman–Crippen MR) is 97.9 cm³/mol. The van der Waals surface area contributed by atoms with Crippen LogP contribution in [-0.2, 0) is 0 Å². The molecule has 0 radical (unpaired) electrons. The van der Waals surface area contributed by atoms with Crippen molar-refractivity contribution in [2.75, 3.05) is 18.5 Å². The van der Waals surface area contributed by atoms with Crippen molar-refractivity contribution < 1.29 is 14.3 Å². The van der Waals surface area contributed by atoms with Gasteiger partial charge in [-0.25, -0.2) is 4.98 Å². The SMILES string of the molecule is O=C(Nc1ccc(Cl)cn1)c1ccc(-c2ccc3c(c2)OCCO3)s1. The van der Waals surface area contributed by atoms with Gasteiger partial charge >= 0.3 is 0 Å². The Labute approximate surface area is 153 Å². The summed E-state index contributed by atoms with van der Waals surface area (Å²) in [6, 6.07) is 12.8. The molecule has 3 aromatic rings. The van der Waals surface area contributed by atoms with Crippen LogP contribution in [-0.4, -0.2) is 24.1 Å². The smallest absolute Gasteiger partial charge is 0.266 e. The number of nitrogens with one attached hydrogen (secondary N) is 1. The Bertz CT molecular complexity index is 924. The number of hydrogen-bond acceptors (Lipinski definition) is 5. The molecule has 126 valence electrons. The van der Waals surface area contributed by atoms with Gasteiger partial charge in [0.1, 0.15) is 19.0 Å². The molecule has 1 aliphatic heterocycles. The second kappa shape index (κ2) is 6.74. The summed E-state index contributed by atoms with van der Waals surface area (Å²) in [6.45, 7) is 1.11. The van der Waals surface area contributed by atoms with Gasteiger partial charge < -0.3 is 14.8 Å². The summed E-state index contributed by atoms with van der Waals surface area (Å²) >= 11 is 7.20. The van der Waals surface area contributed by atoms with Crippen LogP contribution in [0.5, 0.6) is 11.5 Å². The van der Waals surface area contributed by atoms with Gasteiger partial charge in [0, 0.05) is 11.1 Å². The lowest BCUT2D eigenvalue weighted by Gasteiger charge is -2.18. The van der Waals surface area contributed by atoms with E-state index in [0.717, 1.165) is 21.9 Å². The normalized spacial score (nSPS) is 12.7. The van der Waals surface area contributed by atoms with E-state index in [1.165, 1.54) is 17.5 Å². The fourth-order valence-electron chi connectivity index (χ4n) is 2.44. The minimum atomic E-state index is -0.205. The lowest BCUT2D eigenvalue weighted by Crippen LogP contribution is -2.15. The molecule has 1 aliphatic rings. The second-order valence-electron chi connectivity index (χ2n) is 5.34. The van der Waals surface area contributed by atoms with E-state index >= 15 is 0 Å². The van der Waals surface area contributed by atoms with Gasteiger partial charge in [-0.15, -0.1) is 11.3 Å². The van der Waals surface area contributed by atoms with Crippen molar-refractivity contribution >= 4 is 34.7 Å². The first-order chi connectivity index (χ1) is 12.2. The molecule has 7 heteroatoms. The van der Waals surface area contributed by atoms with Crippen LogP contribution in [0.4, 0.5) is 5.82 Å². The molecule has 0 spiro atoms. The topological polar surface area (TPSA) is 60.5 Å². The van der Waals surface area contributed by atoms with E-state index in [4.69, 9.17) is 21.1 Å². The summed E-state index contributed by atoms with van der Waals surface area (Å²) in [4.78, 5) is 18.0. The average Bonchev–Trinajstić information content (AvgIpc) is 3.13. The summed E-state index contributed by atoms with van der Waals surface area (Å²) in [6.07, 6.45) is 1.49. The molecule has 0 aliphatic carbocycles. The molecule has 5 nitrogen and oxygen atoms in total. The largest absolute Gasteiger partial charge is 0.486 e. The summed E-state index contributed by atoms with van der Waals surface area (Å²) in [5.74, 6) is 1.74. The van der Waals surface area contributed by atoms with Crippen molar-refractivity contribution in [2.45, 2.75) is 0 Å². The predicted octanol–water partition coefficient (Wildman–Crippen LogP) is 4.49. The van der Waals surface area contributed by atoms with Gasteiger partial charge in [0.2, 0.25) is 0 Å². The second-order valence-corrected chi connectivity index (χ2v) is 6.86. The molecule has 0 fully saturated rings. The van der Waals surface area contributed by atoms with E-state index in [9.17, 15) is 4.79 Å². The number of aromatic nitrogens is 1. The number of pyridine rings is 1. The van der Waals surface area contributed by atoms with Gasteiger partial charge in [-0.1, -0.05) is 11.6 Å². The number of carbonyl (C=O) groups excluding carboxylic acids is 1. The molecule has 1 amide bonds. The molecule has 0 bridgehead atoms. The molecule has 2 aromatic heterocycles. The van der Waals surface area contributed by atoms with Crippen molar-refractivity contribution in [2.24, 2.45) is 0 Å². The van der Waals surface area contributed by atoms with E-state index in [1.54, 1.807) is 18.2 Å². The lowest BCUT2D eigenvalue weighted by molar-refractivity contribution is 0.103. The Morgan fingerprint density at radius 3 is 2.72 bits per heavy atom. The molecule has 3 heterocycles. The van der Waals surface area contributed by atoms with Crippen molar-refractivity contribution in [1.82, 2.24) is 4.98 Å². The first kappa shape index (κ1) is 15.9. The number of ether oxygens (including phenoxy) is 2. The van der Waals surface area contributed by atoms with Crippen molar-refractivity contribution in [3.63, 3.8) is 0 Å². The van der Waals surface area contributed by atoms with Crippen LogP contribution in [0.25, 0.3) is 10.4 Å². The number of halogens is 1. The third-order valence-electron chi connectivity index (χ3n) is 3.63. The zero-order valence-electron chi connectivity index (χ0n) is 13.0.